The van der Waals surface area contributed by atoms with Crippen molar-refractivity contribution in [3.8, 4) is 22.7 Å². The van der Waals surface area contributed by atoms with Crippen molar-refractivity contribution in [2.75, 3.05) is 20.2 Å². The summed E-state index contributed by atoms with van der Waals surface area (Å²) in [5, 5.41) is 5.39. The number of benzene rings is 2. The molecule has 6 heteroatoms. The summed E-state index contributed by atoms with van der Waals surface area (Å²) in [6.07, 6.45) is 1.81. The fourth-order valence-electron chi connectivity index (χ4n) is 3.25. The van der Waals surface area contributed by atoms with Crippen LogP contribution in [0.2, 0.25) is 5.02 Å². The molecule has 1 amide bonds. The van der Waals surface area contributed by atoms with Crippen molar-refractivity contribution >= 4 is 17.5 Å². The van der Waals surface area contributed by atoms with E-state index in [1.165, 1.54) is 0 Å². The molecule has 0 N–H and O–H groups in total. The number of hydrogen-bond donors (Lipinski definition) is 0. The second-order valence-corrected chi connectivity index (χ2v) is 7.26. The van der Waals surface area contributed by atoms with Crippen LogP contribution in [-0.4, -0.2) is 40.8 Å². The maximum absolute atomic E-state index is 13.4. The van der Waals surface area contributed by atoms with Crippen molar-refractivity contribution in [1.82, 2.24) is 14.7 Å². The highest BCUT2D eigenvalue weighted by molar-refractivity contribution is 6.30. The average molecular weight is 412 g/mol. The van der Waals surface area contributed by atoms with Crippen LogP contribution in [0.3, 0.4) is 0 Å². The predicted molar refractivity (Wildman–Crippen MR) is 117 cm³/mol. The molecule has 0 aliphatic carbocycles. The summed E-state index contributed by atoms with van der Waals surface area (Å²) in [6, 6.07) is 16.9. The van der Waals surface area contributed by atoms with Crippen molar-refractivity contribution in [2.45, 2.75) is 26.7 Å². The summed E-state index contributed by atoms with van der Waals surface area (Å²) in [6.45, 7) is 5.59. The van der Waals surface area contributed by atoms with Gasteiger partial charge in [-0.25, -0.2) is 4.68 Å². The lowest BCUT2D eigenvalue weighted by molar-refractivity contribution is 0.0746. The molecule has 0 unspecified atom stereocenters. The van der Waals surface area contributed by atoms with E-state index in [0.717, 1.165) is 35.5 Å². The second kappa shape index (κ2) is 9.61. The first-order valence-corrected chi connectivity index (χ1v) is 10.2. The van der Waals surface area contributed by atoms with E-state index in [9.17, 15) is 4.79 Å². The van der Waals surface area contributed by atoms with Crippen LogP contribution < -0.4 is 4.74 Å². The Hall–Kier alpha value is -2.79. The van der Waals surface area contributed by atoms with E-state index >= 15 is 0 Å². The second-order valence-electron chi connectivity index (χ2n) is 6.83. The first-order chi connectivity index (χ1) is 14.1. The number of carbonyl (C=O) groups is 1. The summed E-state index contributed by atoms with van der Waals surface area (Å²) in [5.74, 6) is 0.723. The molecule has 0 bridgehead atoms. The Balaban J connectivity index is 2.10. The zero-order valence-corrected chi connectivity index (χ0v) is 17.8. The van der Waals surface area contributed by atoms with Crippen LogP contribution in [-0.2, 0) is 0 Å². The van der Waals surface area contributed by atoms with Crippen LogP contribution in [0.5, 0.6) is 5.75 Å². The van der Waals surface area contributed by atoms with Crippen LogP contribution >= 0.6 is 11.6 Å². The third-order valence-corrected chi connectivity index (χ3v) is 4.89. The molecule has 5 nitrogen and oxygen atoms in total. The molecule has 0 fully saturated rings. The Labute approximate surface area is 176 Å². The van der Waals surface area contributed by atoms with Gasteiger partial charge in [-0.1, -0.05) is 37.6 Å². The molecule has 0 aliphatic heterocycles. The zero-order valence-electron chi connectivity index (χ0n) is 17.1. The molecule has 1 aromatic heterocycles. The molecule has 0 atom stereocenters. The van der Waals surface area contributed by atoms with Gasteiger partial charge in [0.2, 0.25) is 0 Å². The highest BCUT2D eigenvalue weighted by atomic mass is 35.5. The summed E-state index contributed by atoms with van der Waals surface area (Å²) in [7, 11) is 1.63. The summed E-state index contributed by atoms with van der Waals surface area (Å²) in [5.41, 5.74) is 2.94. The lowest BCUT2D eigenvalue weighted by Gasteiger charge is -2.21. The van der Waals surface area contributed by atoms with E-state index in [2.05, 4.69) is 13.8 Å². The van der Waals surface area contributed by atoms with Crippen LogP contribution in [0, 0.1) is 0 Å². The lowest BCUT2D eigenvalue weighted by atomic mass is 10.1. The van der Waals surface area contributed by atoms with Gasteiger partial charge >= 0.3 is 0 Å². The van der Waals surface area contributed by atoms with Gasteiger partial charge in [-0.05, 0) is 55.3 Å². The average Bonchev–Trinajstić information content (AvgIpc) is 3.19. The van der Waals surface area contributed by atoms with Crippen LogP contribution in [0.25, 0.3) is 16.9 Å². The molecule has 2 aromatic carbocycles. The van der Waals surface area contributed by atoms with Gasteiger partial charge in [-0.15, -0.1) is 0 Å². The van der Waals surface area contributed by atoms with Crippen molar-refractivity contribution in [3.05, 3.63) is 65.3 Å². The SMILES string of the molecule is CCCN(CCC)C(=O)c1cc(-c2cccc(OC)c2)nn1-c1ccc(Cl)cc1. The highest BCUT2D eigenvalue weighted by Gasteiger charge is 2.22. The van der Waals surface area contributed by atoms with Crippen molar-refractivity contribution in [1.29, 1.82) is 0 Å². The molecular weight excluding hydrogens is 386 g/mol. The predicted octanol–water partition coefficient (Wildman–Crippen LogP) is 5.46. The van der Waals surface area contributed by atoms with Gasteiger partial charge in [0.25, 0.3) is 5.91 Å². The van der Waals surface area contributed by atoms with Gasteiger partial charge in [-0.2, -0.15) is 5.10 Å². The Morgan fingerprint density at radius 2 is 1.76 bits per heavy atom. The van der Waals surface area contributed by atoms with E-state index in [1.807, 2.05) is 47.4 Å². The number of amides is 1. The van der Waals surface area contributed by atoms with Gasteiger partial charge in [0.15, 0.2) is 0 Å². The summed E-state index contributed by atoms with van der Waals surface area (Å²) in [4.78, 5) is 15.3. The fraction of sp³-hybridized carbons (Fsp3) is 0.304. The smallest absolute Gasteiger partial charge is 0.272 e. The van der Waals surface area contributed by atoms with E-state index in [4.69, 9.17) is 21.4 Å². The van der Waals surface area contributed by atoms with Crippen molar-refractivity contribution in [3.63, 3.8) is 0 Å². The van der Waals surface area contributed by atoms with Crippen molar-refractivity contribution in [2.24, 2.45) is 0 Å². The highest BCUT2D eigenvalue weighted by Crippen LogP contribution is 2.26. The first-order valence-electron chi connectivity index (χ1n) is 9.87. The Bertz CT molecular complexity index is 961. The van der Waals surface area contributed by atoms with Gasteiger partial charge in [0, 0.05) is 23.7 Å². The Morgan fingerprint density at radius 3 is 2.38 bits per heavy atom. The van der Waals surface area contributed by atoms with E-state index < -0.39 is 0 Å². The van der Waals surface area contributed by atoms with Crippen LogP contribution in [0.1, 0.15) is 37.2 Å². The molecule has 0 aliphatic rings. The minimum atomic E-state index is -0.0229. The number of halogens is 1. The third-order valence-electron chi connectivity index (χ3n) is 4.64. The minimum absolute atomic E-state index is 0.0229. The maximum Gasteiger partial charge on any atom is 0.272 e. The number of rotatable bonds is 8. The largest absolute Gasteiger partial charge is 0.497 e. The topological polar surface area (TPSA) is 47.4 Å². The van der Waals surface area contributed by atoms with Crippen LogP contribution in [0.15, 0.2) is 54.6 Å². The van der Waals surface area contributed by atoms with Crippen molar-refractivity contribution < 1.29 is 9.53 Å². The Kier molecular flexibility index (Phi) is 6.94. The third kappa shape index (κ3) is 4.80. The first kappa shape index (κ1) is 20.9. The zero-order chi connectivity index (χ0) is 20.8. The normalized spacial score (nSPS) is 10.8. The fourth-order valence-corrected chi connectivity index (χ4v) is 3.38. The molecule has 0 spiro atoms. The number of aromatic nitrogens is 2. The van der Waals surface area contributed by atoms with Gasteiger partial charge in [-0.3, -0.25) is 4.79 Å². The van der Waals surface area contributed by atoms with Gasteiger partial charge in [0.1, 0.15) is 11.4 Å². The van der Waals surface area contributed by atoms with Gasteiger partial charge < -0.3 is 9.64 Å². The Morgan fingerprint density at radius 1 is 1.07 bits per heavy atom. The molecule has 29 heavy (non-hydrogen) atoms. The van der Waals surface area contributed by atoms with Gasteiger partial charge in [0.05, 0.1) is 18.5 Å². The molecule has 0 saturated heterocycles. The molecule has 0 saturated carbocycles. The molecule has 0 radical (unpaired) electrons. The monoisotopic (exact) mass is 411 g/mol. The molecule has 3 aromatic rings. The number of methoxy groups -OCH3 is 1. The number of carbonyl (C=O) groups excluding carboxylic acids is 1. The summed E-state index contributed by atoms with van der Waals surface area (Å²) >= 11 is 6.05. The lowest BCUT2D eigenvalue weighted by Crippen LogP contribution is -2.33. The maximum atomic E-state index is 13.4. The molecule has 3 rings (SSSR count). The molecular formula is C23H26ClN3O2. The summed E-state index contributed by atoms with van der Waals surface area (Å²) < 4.78 is 7.04. The number of nitrogens with zero attached hydrogens (tertiary/aromatic N) is 3. The molecule has 1 heterocycles. The number of ether oxygens (including phenoxy) is 1. The number of hydrogen-bond acceptors (Lipinski definition) is 3. The van der Waals surface area contributed by atoms with E-state index in [0.29, 0.717) is 23.8 Å². The quantitative estimate of drug-likeness (QED) is 0.494. The van der Waals surface area contributed by atoms with E-state index in [-0.39, 0.29) is 5.91 Å². The van der Waals surface area contributed by atoms with E-state index in [1.54, 1.807) is 23.9 Å². The standard InChI is InChI=1S/C23H26ClN3O2/c1-4-13-26(14-5-2)23(28)22-16-21(17-7-6-8-20(15-17)29-3)25-27(22)19-11-9-18(24)10-12-19/h6-12,15-16H,4-5,13-14H2,1-3H3. The molecule has 152 valence electrons. The minimum Gasteiger partial charge on any atom is -0.497 e. The van der Waals surface area contributed by atoms with Crippen LogP contribution in [0.4, 0.5) is 0 Å².